The number of nitrogens with zero attached hydrogens (tertiary/aromatic N) is 3. The Morgan fingerprint density at radius 2 is 1.85 bits per heavy atom. The second-order valence-electron chi connectivity index (χ2n) is 6.22. The minimum atomic E-state index is -0.128. The van der Waals surface area contributed by atoms with E-state index in [-0.39, 0.29) is 6.03 Å². The number of carbonyl (C=O) groups excluding carboxylic acids is 1. The maximum Gasteiger partial charge on any atom is 0.317 e. The Morgan fingerprint density at radius 1 is 1.11 bits per heavy atom. The Labute approximate surface area is 159 Å². The quantitative estimate of drug-likeness (QED) is 0.697. The molecular formula is C21H24N4O2. The van der Waals surface area contributed by atoms with Crippen LogP contribution in [0.4, 0.5) is 4.79 Å². The molecule has 3 aromatic rings. The minimum absolute atomic E-state index is 0.128. The standard InChI is InChI=1S/C21H24N4O2/c1-3-27-20-11-9-17(10-12-20)15-24(2)21(26)22-13-18-14-23-25(16-18)19-7-5-4-6-8-19/h4-12,14,16H,3,13,15H2,1-2H3,(H,22,26). The lowest BCUT2D eigenvalue weighted by Crippen LogP contribution is -2.36. The van der Waals surface area contributed by atoms with Crippen LogP contribution in [0.25, 0.3) is 5.69 Å². The number of urea groups is 1. The topological polar surface area (TPSA) is 59.4 Å². The maximum absolute atomic E-state index is 12.3. The van der Waals surface area contributed by atoms with E-state index in [1.54, 1.807) is 22.8 Å². The van der Waals surface area contributed by atoms with Gasteiger partial charge in [-0.05, 0) is 36.8 Å². The first-order chi connectivity index (χ1) is 13.2. The number of hydrogen-bond acceptors (Lipinski definition) is 3. The van der Waals surface area contributed by atoms with Crippen LogP contribution in [0.5, 0.6) is 5.75 Å². The highest BCUT2D eigenvalue weighted by Gasteiger charge is 2.10. The number of benzene rings is 2. The lowest BCUT2D eigenvalue weighted by atomic mass is 10.2. The first-order valence-corrected chi connectivity index (χ1v) is 8.95. The van der Waals surface area contributed by atoms with E-state index in [9.17, 15) is 4.79 Å². The number of carbonyl (C=O) groups is 1. The zero-order valence-electron chi connectivity index (χ0n) is 15.6. The molecule has 27 heavy (non-hydrogen) atoms. The highest BCUT2D eigenvalue weighted by Crippen LogP contribution is 2.13. The molecule has 2 amide bonds. The second-order valence-corrected chi connectivity index (χ2v) is 6.22. The van der Waals surface area contributed by atoms with Gasteiger partial charge in [0.1, 0.15) is 5.75 Å². The molecule has 1 N–H and O–H groups in total. The molecule has 6 heteroatoms. The summed E-state index contributed by atoms with van der Waals surface area (Å²) in [5.74, 6) is 0.837. The molecule has 0 saturated carbocycles. The van der Waals surface area contributed by atoms with Crippen molar-refractivity contribution in [3.63, 3.8) is 0 Å². The maximum atomic E-state index is 12.3. The summed E-state index contributed by atoms with van der Waals surface area (Å²) >= 11 is 0. The van der Waals surface area contributed by atoms with Crippen molar-refractivity contribution in [2.75, 3.05) is 13.7 Å². The zero-order chi connectivity index (χ0) is 19.1. The molecule has 0 bridgehead atoms. The fraction of sp³-hybridized carbons (Fsp3) is 0.238. The van der Waals surface area contributed by atoms with Crippen molar-refractivity contribution >= 4 is 6.03 Å². The van der Waals surface area contributed by atoms with Gasteiger partial charge in [0.2, 0.25) is 0 Å². The third kappa shape index (κ3) is 5.10. The van der Waals surface area contributed by atoms with Gasteiger partial charge in [0.15, 0.2) is 0 Å². The van der Waals surface area contributed by atoms with Crippen molar-refractivity contribution < 1.29 is 9.53 Å². The Morgan fingerprint density at radius 3 is 2.56 bits per heavy atom. The molecule has 0 fully saturated rings. The van der Waals surface area contributed by atoms with Gasteiger partial charge >= 0.3 is 6.03 Å². The number of para-hydroxylation sites is 1. The smallest absolute Gasteiger partial charge is 0.317 e. The molecule has 0 aliphatic rings. The van der Waals surface area contributed by atoms with Crippen molar-refractivity contribution in [2.45, 2.75) is 20.0 Å². The van der Waals surface area contributed by atoms with Crippen LogP contribution in [0.1, 0.15) is 18.1 Å². The molecule has 3 rings (SSSR count). The van der Waals surface area contributed by atoms with Gasteiger partial charge in [0, 0.05) is 31.9 Å². The number of amides is 2. The Bertz CT molecular complexity index is 859. The Kier molecular flexibility index (Phi) is 6.10. The van der Waals surface area contributed by atoms with Gasteiger partial charge in [-0.1, -0.05) is 30.3 Å². The number of aromatic nitrogens is 2. The molecule has 0 saturated heterocycles. The summed E-state index contributed by atoms with van der Waals surface area (Å²) in [7, 11) is 1.78. The van der Waals surface area contributed by atoms with Gasteiger partial charge in [-0.25, -0.2) is 9.48 Å². The summed E-state index contributed by atoms with van der Waals surface area (Å²) in [6.45, 7) is 3.55. The van der Waals surface area contributed by atoms with E-state index in [0.29, 0.717) is 19.7 Å². The third-order valence-electron chi connectivity index (χ3n) is 4.10. The predicted molar refractivity (Wildman–Crippen MR) is 105 cm³/mol. The van der Waals surface area contributed by atoms with Gasteiger partial charge in [0.05, 0.1) is 18.5 Å². The van der Waals surface area contributed by atoms with Crippen LogP contribution in [0.15, 0.2) is 67.0 Å². The molecule has 2 aromatic carbocycles. The van der Waals surface area contributed by atoms with Crippen LogP contribution in [-0.4, -0.2) is 34.4 Å². The third-order valence-corrected chi connectivity index (χ3v) is 4.10. The predicted octanol–water partition coefficient (Wildman–Crippen LogP) is 3.61. The number of hydrogen-bond donors (Lipinski definition) is 1. The highest BCUT2D eigenvalue weighted by molar-refractivity contribution is 5.73. The van der Waals surface area contributed by atoms with Crippen molar-refractivity contribution in [2.24, 2.45) is 0 Å². The van der Waals surface area contributed by atoms with Gasteiger partial charge < -0.3 is 15.0 Å². The fourth-order valence-electron chi connectivity index (χ4n) is 2.69. The van der Waals surface area contributed by atoms with E-state index < -0.39 is 0 Å². The lowest BCUT2D eigenvalue weighted by Gasteiger charge is -2.18. The van der Waals surface area contributed by atoms with Crippen molar-refractivity contribution in [1.82, 2.24) is 20.0 Å². The van der Waals surface area contributed by atoms with E-state index in [1.165, 1.54) is 0 Å². The van der Waals surface area contributed by atoms with Crippen LogP contribution in [0, 0.1) is 0 Å². The summed E-state index contributed by atoms with van der Waals surface area (Å²) in [6, 6.07) is 17.5. The van der Waals surface area contributed by atoms with E-state index in [2.05, 4.69) is 10.4 Å². The average Bonchev–Trinajstić information content (AvgIpc) is 3.17. The minimum Gasteiger partial charge on any atom is -0.494 e. The van der Waals surface area contributed by atoms with Crippen LogP contribution < -0.4 is 10.1 Å². The SMILES string of the molecule is CCOc1ccc(CN(C)C(=O)NCc2cnn(-c3ccccc3)c2)cc1. The van der Waals surface area contributed by atoms with Crippen LogP contribution >= 0.6 is 0 Å². The first kappa shape index (κ1) is 18.5. The van der Waals surface area contributed by atoms with Gasteiger partial charge in [-0.3, -0.25) is 0 Å². The number of rotatable bonds is 7. The molecule has 1 heterocycles. The van der Waals surface area contributed by atoms with Gasteiger partial charge in [-0.2, -0.15) is 5.10 Å². The summed E-state index contributed by atoms with van der Waals surface area (Å²) in [5, 5.41) is 7.26. The van der Waals surface area contributed by atoms with E-state index >= 15 is 0 Å². The molecule has 0 unspecified atom stereocenters. The average molecular weight is 364 g/mol. The Balaban J connectivity index is 1.50. The molecule has 140 valence electrons. The number of nitrogens with one attached hydrogen (secondary N) is 1. The summed E-state index contributed by atoms with van der Waals surface area (Å²) in [4.78, 5) is 14.0. The molecule has 0 spiro atoms. The van der Waals surface area contributed by atoms with Crippen LogP contribution in [0.2, 0.25) is 0 Å². The fourth-order valence-corrected chi connectivity index (χ4v) is 2.69. The highest BCUT2D eigenvalue weighted by atomic mass is 16.5. The first-order valence-electron chi connectivity index (χ1n) is 8.95. The van der Waals surface area contributed by atoms with E-state index in [1.807, 2.05) is 67.7 Å². The van der Waals surface area contributed by atoms with Crippen LogP contribution in [-0.2, 0) is 13.1 Å². The van der Waals surface area contributed by atoms with Crippen LogP contribution in [0.3, 0.4) is 0 Å². The molecule has 0 atom stereocenters. The molecule has 1 aromatic heterocycles. The van der Waals surface area contributed by atoms with Gasteiger partial charge in [-0.15, -0.1) is 0 Å². The molecule has 0 aliphatic heterocycles. The lowest BCUT2D eigenvalue weighted by molar-refractivity contribution is 0.206. The molecule has 6 nitrogen and oxygen atoms in total. The van der Waals surface area contributed by atoms with E-state index in [0.717, 1.165) is 22.6 Å². The molecule has 0 radical (unpaired) electrons. The summed E-state index contributed by atoms with van der Waals surface area (Å²) in [5.41, 5.74) is 2.98. The Hall–Kier alpha value is -3.28. The molecular weight excluding hydrogens is 340 g/mol. The normalized spacial score (nSPS) is 10.4. The largest absolute Gasteiger partial charge is 0.494 e. The zero-order valence-corrected chi connectivity index (χ0v) is 15.6. The van der Waals surface area contributed by atoms with Crippen molar-refractivity contribution in [1.29, 1.82) is 0 Å². The van der Waals surface area contributed by atoms with Crippen molar-refractivity contribution in [3.8, 4) is 11.4 Å². The van der Waals surface area contributed by atoms with Gasteiger partial charge in [0.25, 0.3) is 0 Å². The summed E-state index contributed by atoms with van der Waals surface area (Å²) < 4.78 is 7.23. The number of ether oxygens (including phenoxy) is 1. The monoisotopic (exact) mass is 364 g/mol. The van der Waals surface area contributed by atoms with Crippen molar-refractivity contribution in [3.05, 3.63) is 78.1 Å². The second kappa shape index (κ2) is 8.89. The van der Waals surface area contributed by atoms with E-state index in [4.69, 9.17) is 4.74 Å². The molecule has 0 aliphatic carbocycles. The summed E-state index contributed by atoms with van der Waals surface area (Å²) in [6.07, 6.45) is 3.68.